The van der Waals surface area contributed by atoms with Crippen LogP contribution in [-0.4, -0.2) is 37.1 Å². The molecule has 1 fully saturated rings. The van der Waals surface area contributed by atoms with Gasteiger partial charge < -0.3 is 14.8 Å². The SMILES string of the molecule is O=C(CN1CCC[C@H]1c1ccc2c(c1)OCCO2)Nc1cccc(F)c1. The van der Waals surface area contributed by atoms with Gasteiger partial charge in [0.15, 0.2) is 11.5 Å². The lowest BCUT2D eigenvalue weighted by Gasteiger charge is -2.26. The summed E-state index contributed by atoms with van der Waals surface area (Å²) in [6.07, 6.45) is 2.03. The lowest BCUT2D eigenvalue weighted by Crippen LogP contribution is -2.33. The Balaban J connectivity index is 1.44. The third-order valence-corrected chi connectivity index (χ3v) is 4.77. The van der Waals surface area contributed by atoms with Crippen molar-refractivity contribution in [1.29, 1.82) is 0 Å². The Morgan fingerprint density at radius 3 is 2.85 bits per heavy atom. The van der Waals surface area contributed by atoms with E-state index in [1.165, 1.54) is 12.1 Å². The molecule has 2 aromatic carbocycles. The Morgan fingerprint density at radius 2 is 2.00 bits per heavy atom. The average Bonchev–Trinajstić information content (AvgIpc) is 3.09. The number of likely N-dealkylation sites (tertiary alicyclic amines) is 1. The Kier molecular flexibility index (Phi) is 4.75. The molecule has 2 aliphatic rings. The fourth-order valence-electron chi connectivity index (χ4n) is 3.61. The molecular formula is C20H21FN2O3. The van der Waals surface area contributed by atoms with Gasteiger partial charge in [-0.25, -0.2) is 4.39 Å². The van der Waals surface area contributed by atoms with Crippen LogP contribution in [-0.2, 0) is 4.79 Å². The molecule has 1 amide bonds. The molecule has 0 bridgehead atoms. The van der Waals surface area contributed by atoms with Gasteiger partial charge in [0.1, 0.15) is 19.0 Å². The van der Waals surface area contributed by atoms with Crippen molar-refractivity contribution in [2.45, 2.75) is 18.9 Å². The van der Waals surface area contributed by atoms with E-state index in [0.29, 0.717) is 18.9 Å². The first-order chi connectivity index (χ1) is 12.7. The predicted molar refractivity (Wildman–Crippen MR) is 96.0 cm³/mol. The minimum Gasteiger partial charge on any atom is -0.486 e. The topological polar surface area (TPSA) is 50.8 Å². The molecule has 1 N–H and O–H groups in total. The van der Waals surface area contributed by atoms with Crippen LogP contribution in [0.1, 0.15) is 24.4 Å². The molecule has 0 radical (unpaired) electrons. The van der Waals surface area contributed by atoms with Crippen molar-refractivity contribution in [3.63, 3.8) is 0 Å². The van der Waals surface area contributed by atoms with Crippen molar-refractivity contribution in [3.8, 4) is 11.5 Å². The summed E-state index contributed by atoms with van der Waals surface area (Å²) < 4.78 is 24.5. The van der Waals surface area contributed by atoms with E-state index in [9.17, 15) is 9.18 Å². The van der Waals surface area contributed by atoms with Crippen LogP contribution < -0.4 is 14.8 Å². The Morgan fingerprint density at radius 1 is 1.15 bits per heavy atom. The molecule has 26 heavy (non-hydrogen) atoms. The second-order valence-electron chi connectivity index (χ2n) is 6.59. The molecular weight excluding hydrogens is 335 g/mol. The number of amides is 1. The van der Waals surface area contributed by atoms with Crippen molar-refractivity contribution in [3.05, 3.63) is 53.8 Å². The molecule has 1 atom stereocenters. The van der Waals surface area contributed by atoms with Gasteiger partial charge in [-0.2, -0.15) is 0 Å². The number of rotatable bonds is 4. The molecule has 2 aromatic rings. The van der Waals surface area contributed by atoms with Crippen molar-refractivity contribution >= 4 is 11.6 Å². The molecule has 6 heteroatoms. The zero-order valence-corrected chi connectivity index (χ0v) is 14.4. The summed E-state index contributed by atoms with van der Waals surface area (Å²) in [5.74, 6) is 1.04. The molecule has 2 aliphatic heterocycles. The molecule has 2 heterocycles. The minimum atomic E-state index is -0.363. The highest BCUT2D eigenvalue weighted by Gasteiger charge is 2.28. The number of anilines is 1. The number of carbonyl (C=O) groups excluding carboxylic acids is 1. The number of hydrogen-bond acceptors (Lipinski definition) is 4. The van der Waals surface area contributed by atoms with Gasteiger partial charge in [0.25, 0.3) is 0 Å². The van der Waals surface area contributed by atoms with Gasteiger partial charge in [0.2, 0.25) is 5.91 Å². The van der Waals surface area contributed by atoms with Gasteiger partial charge in [0.05, 0.1) is 6.54 Å². The molecule has 0 saturated carbocycles. The van der Waals surface area contributed by atoms with Crippen molar-refractivity contribution < 1.29 is 18.7 Å². The monoisotopic (exact) mass is 356 g/mol. The summed E-state index contributed by atoms with van der Waals surface area (Å²) in [6.45, 7) is 2.26. The third kappa shape index (κ3) is 3.65. The number of halogens is 1. The molecule has 4 rings (SSSR count). The number of benzene rings is 2. The van der Waals surface area contributed by atoms with Gasteiger partial charge in [0, 0.05) is 11.7 Å². The Bertz CT molecular complexity index is 811. The standard InChI is InChI=1S/C20H21FN2O3/c21-15-3-1-4-16(12-15)22-20(24)13-23-8-2-5-17(23)14-6-7-18-19(11-14)26-10-9-25-18/h1,3-4,6-7,11-12,17H,2,5,8-10,13H2,(H,22,24)/t17-/m0/s1. The van der Waals surface area contributed by atoms with Crippen LogP contribution in [0.2, 0.25) is 0 Å². The van der Waals surface area contributed by atoms with Crippen LogP contribution >= 0.6 is 0 Å². The summed E-state index contributed by atoms with van der Waals surface area (Å²) in [5, 5.41) is 2.77. The van der Waals surface area contributed by atoms with Gasteiger partial charge in [-0.3, -0.25) is 9.69 Å². The highest BCUT2D eigenvalue weighted by Crippen LogP contribution is 2.37. The van der Waals surface area contributed by atoms with Gasteiger partial charge in [-0.1, -0.05) is 12.1 Å². The fraction of sp³-hybridized carbons (Fsp3) is 0.350. The van der Waals surface area contributed by atoms with Crippen LogP contribution in [0, 0.1) is 5.82 Å². The smallest absolute Gasteiger partial charge is 0.238 e. The Labute approximate surface area is 151 Å². The van der Waals surface area contributed by atoms with Gasteiger partial charge >= 0.3 is 0 Å². The van der Waals surface area contributed by atoms with Crippen LogP contribution in [0.4, 0.5) is 10.1 Å². The maximum atomic E-state index is 13.3. The number of fused-ring (bicyclic) bond motifs is 1. The average molecular weight is 356 g/mol. The molecule has 136 valence electrons. The first-order valence-electron chi connectivity index (χ1n) is 8.88. The van der Waals surface area contributed by atoms with E-state index in [4.69, 9.17) is 9.47 Å². The normalized spacial score (nSPS) is 19.3. The first-order valence-corrected chi connectivity index (χ1v) is 8.88. The van der Waals surface area contributed by atoms with E-state index in [0.717, 1.165) is 36.4 Å². The number of hydrogen-bond donors (Lipinski definition) is 1. The maximum Gasteiger partial charge on any atom is 0.238 e. The van der Waals surface area contributed by atoms with E-state index in [-0.39, 0.29) is 24.3 Å². The number of nitrogens with one attached hydrogen (secondary N) is 1. The largest absolute Gasteiger partial charge is 0.486 e. The van der Waals surface area contributed by atoms with E-state index in [1.54, 1.807) is 12.1 Å². The number of carbonyl (C=O) groups is 1. The zero-order chi connectivity index (χ0) is 17.9. The third-order valence-electron chi connectivity index (χ3n) is 4.77. The van der Waals surface area contributed by atoms with Crippen LogP contribution in [0.25, 0.3) is 0 Å². The zero-order valence-electron chi connectivity index (χ0n) is 14.4. The lowest BCUT2D eigenvalue weighted by molar-refractivity contribution is -0.117. The van der Waals surface area contributed by atoms with Crippen LogP contribution in [0.3, 0.4) is 0 Å². The lowest BCUT2D eigenvalue weighted by atomic mass is 10.0. The summed E-state index contributed by atoms with van der Waals surface area (Å²) in [6, 6.07) is 12.1. The van der Waals surface area contributed by atoms with E-state index in [2.05, 4.69) is 10.2 Å². The fourth-order valence-corrected chi connectivity index (χ4v) is 3.61. The molecule has 5 nitrogen and oxygen atoms in total. The molecule has 0 aliphatic carbocycles. The summed E-state index contributed by atoms with van der Waals surface area (Å²) >= 11 is 0. The van der Waals surface area contributed by atoms with Crippen molar-refractivity contribution in [2.24, 2.45) is 0 Å². The van der Waals surface area contributed by atoms with E-state index >= 15 is 0 Å². The number of ether oxygens (including phenoxy) is 2. The first kappa shape index (κ1) is 16.8. The molecule has 0 unspecified atom stereocenters. The summed E-state index contributed by atoms with van der Waals surface area (Å²) in [7, 11) is 0. The number of nitrogens with zero attached hydrogens (tertiary/aromatic N) is 1. The van der Waals surface area contributed by atoms with E-state index < -0.39 is 0 Å². The second-order valence-corrected chi connectivity index (χ2v) is 6.59. The van der Waals surface area contributed by atoms with Crippen molar-refractivity contribution in [2.75, 3.05) is 31.6 Å². The minimum absolute atomic E-state index is 0.139. The van der Waals surface area contributed by atoms with E-state index in [1.807, 2.05) is 18.2 Å². The maximum absolute atomic E-state index is 13.3. The quantitative estimate of drug-likeness (QED) is 0.913. The molecule has 0 aromatic heterocycles. The predicted octanol–water partition coefficient (Wildman–Crippen LogP) is 3.37. The molecule has 1 saturated heterocycles. The summed E-state index contributed by atoms with van der Waals surface area (Å²) in [4.78, 5) is 14.5. The van der Waals surface area contributed by atoms with Crippen LogP contribution in [0.5, 0.6) is 11.5 Å². The highest BCUT2D eigenvalue weighted by molar-refractivity contribution is 5.92. The molecule has 0 spiro atoms. The van der Waals surface area contributed by atoms with Crippen molar-refractivity contribution in [1.82, 2.24) is 4.90 Å². The summed E-state index contributed by atoms with van der Waals surface area (Å²) in [5.41, 5.74) is 1.61. The van der Waals surface area contributed by atoms with Gasteiger partial charge in [-0.05, 0) is 55.3 Å². The Hall–Kier alpha value is -2.60. The second kappa shape index (κ2) is 7.33. The highest BCUT2D eigenvalue weighted by atomic mass is 19.1. The van der Waals surface area contributed by atoms with Gasteiger partial charge in [-0.15, -0.1) is 0 Å². The van der Waals surface area contributed by atoms with Crippen LogP contribution in [0.15, 0.2) is 42.5 Å².